The van der Waals surface area contributed by atoms with Crippen LogP contribution in [0, 0.1) is 5.92 Å². The summed E-state index contributed by atoms with van der Waals surface area (Å²) in [5.74, 6) is 2.69. The highest BCUT2D eigenvalue weighted by Gasteiger charge is 2.49. The molecule has 0 saturated heterocycles. The lowest BCUT2D eigenvalue weighted by molar-refractivity contribution is 0.414. The minimum absolute atomic E-state index is 0.800. The van der Waals surface area contributed by atoms with Gasteiger partial charge in [-0.1, -0.05) is 76.3 Å². The molecule has 2 heteroatoms. The lowest BCUT2D eigenvalue weighted by Crippen LogP contribution is -2.44. The molecule has 0 aliphatic heterocycles. The zero-order valence-electron chi connectivity index (χ0n) is 15.5. The van der Waals surface area contributed by atoms with E-state index in [1.54, 1.807) is 7.11 Å². The SMILES string of the molecule is COc1ccc([C@H]2C[C@@H]2C[Si](C(C)C)(C(C)C)C(C)C)cc1. The first-order chi connectivity index (χ1) is 10.3. The Balaban J connectivity index is 2.10. The topological polar surface area (TPSA) is 9.23 Å². The van der Waals surface area contributed by atoms with E-state index in [0.717, 1.165) is 34.2 Å². The Morgan fingerprint density at radius 2 is 1.45 bits per heavy atom. The van der Waals surface area contributed by atoms with Gasteiger partial charge in [0, 0.05) is 0 Å². The molecule has 1 saturated carbocycles. The summed E-state index contributed by atoms with van der Waals surface area (Å²) in [7, 11) is 0.494. The first kappa shape index (κ1) is 17.6. The lowest BCUT2D eigenvalue weighted by atomic mass is 10.1. The molecule has 2 atom stereocenters. The van der Waals surface area contributed by atoms with Crippen LogP contribution in [-0.4, -0.2) is 15.2 Å². The second kappa shape index (κ2) is 6.78. The molecule has 0 bridgehead atoms. The van der Waals surface area contributed by atoms with Gasteiger partial charge in [-0.3, -0.25) is 0 Å². The molecule has 1 nitrogen and oxygen atoms in total. The van der Waals surface area contributed by atoms with E-state index in [4.69, 9.17) is 4.74 Å². The fourth-order valence-corrected chi connectivity index (χ4v) is 11.7. The molecule has 1 aromatic rings. The van der Waals surface area contributed by atoms with Gasteiger partial charge in [-0.15, -0.1) is 0 Å². The van der Waals surface area contributed by atoms with Crippen molar-refractivity contribution in [2.24, 2.45) is 5.92 Å². The summed E-state index contributed by atoms with van der Waals surface area (Å²) < 4.78 is 5.28. The molecule has 124 valence electrons. The molecule has 1 fully saturated rings. The number of hydrogen-bond donors (Lipinski definition) is 0. The maximum absolute atomic E-state index is 5.28. The Bertz CT molecular complexity index is 453. The molecule has 0 aromatic heterocycles. The van der Waals surface area contributed by atoms with E-state index in [-0.39, 0.29) is 0 Å². The molecular formula is C20H34OSi. The van der Waals surface area contributed by atoms with Crippen LogP contribution in [0.25, 0.3) is 0 Å². The van der Waals surface area contributed by atoms with Gasteiger partial charge >= 0.3 is 0 Å². The quantitative estimate of drug-likeness (QED) is 0.523. The summed E-state index contributed by atoms with van der Waals surface area (Å²) in [5.41, 5.74) is 4.16. The zero-order valence-corrected chi connectivity index (χ0v) is 16.5. The van der Waals surface area contributed by atoms with Gasteiger partial charge in [-0.25, -0.2) is 0 Å². The summed E-state index contributed by atoms with van der Waals surface area (Å²) in [6.45, 7) is 14.9. The minimum atomic E-state index is -1.25. The van der Waals surface area contributed by atoms with Crippen molar-refractivity contribution in [2.75, 3.05) is 7.11 Å². The molecule has 0 radical (unpaired) electrons. The number of benzene rings is 1. The summed E-state index contributed by atoms with van der Waals surface area (Å²) in [6, 6.07) is 10.3. The standard InChI is InChI=1S/C20H34OSi/c1-14(2)22(15(3)4,16(5)6)13-18-12-20(18)17-8-10-19(21-7)11-9-17/h8-11,14-16,18,20H,12-13H2,1-7H3/t18-,20-/m1/s1. The molecule has 2 rings (SSSR count). The van der Waals surface area contributed by atoms with Crippen LogP contribution in [0.3, 0.4) is 0 Å². The summed E-state index contributed by atoms with van der Waals surface area (Å²) in [4.78, 5) is 0. The van der Waals surface area contributed by atoms with Crippen molar-refractivity contribution in [3.8, 4) is 5.75 Å². The predicted octanol–water partition coefficient (Wildman–Crippen LogP) is 6.48. The lowest BCUT2D eigenvalue weighted by Gasteiger charge is -2.43. The molecule has 0 heterocycles. The third-order valence-electron chi connectivity index (χ3n) is 6.31. The minimum Gasteiger partial charge on any atom is -0.497 e. The molecule has 1 aliphatic rings. The van der Waals surface area contributed by atoms with Crippen LogP contribution in [0.5, 0.6) is 5.75 Å². The molecule has 0 amide bonds. The monoisotopic (exact) mass is 318 g/mol. The summed E-state index contributed by atoms with van der Waals surface area (Å²) in [6.07, 6.45) is 1.40. The highest BCUT2D eigenvalue weighted by atomic mass is 28.3. The molecule has 1 aliphatic carbocycles. The van der Waals surface area contributed by atoms with Crippen molar-refractivity contribution in [1.29, 1.82) is 0 Å². The van der Waals surface area contributed by atoms with Crippen LogP contribution in [-0.2, 0) is 0 Å². The van der Waals surface area contributed by atoms with Gasteiger partial charge < -0.3 is 4.74 Å². The fourth-order valence-electron chi connectivity index (χ4n) is 4.89. The van der Waals surface area contributed by atoms with Crippen molar-refractivity contribution in [3.63, 3.8) is 0 Å². The van der Waals surface area contributed by atoms with E-state index >= 15 is 0 Å². The predicted molar refractivity (Wildman–Crippen MR) is 99.7 cm³/mol. The first-order valence-corrected chi connectivity index (χ1v) is 11.4. The third kappa shape index (κ3) is 3.27. The molecule has 1 aromatic carbocycles. The third-order valence-corrected chi connectivity index (χ3v) is 14.0. The van der Waals surface area contributed by atoms with Crippen LogP contribution in [0.4, 0.5) is 0 Å². The highest BCUT2D eigenvalue weighted by molar-refractivity contribution is 6.83. The van der Waals surface area contributed by atoms with Crippen molar-refractivity contribution in [1.82, 2.24) is 0 Å². The summed E-state index contributed by atoms with van der Waals surface area (Å²) >= 11 is 0. The van der Waals surface area contributed by atoms with Crippen LogP contribution >= 0.6 is 0 Å². The number of rotatable bonds is 7. The maximum Gasteiger partial charge on any atom is 0.118 e. The van der Waals surface area contributed by atoms with Gasteiger partial charge in [-0.2, -0.15) is 0 Å². The molecule has 22 heavy (non-hydrogen) atoms. The van der Waals surface area contributed by atoms with E-state index in [2.05, 4.69) is 65.8 Å². The second-order valence-corrected chi connectivity index (χ2v) is 14.3. The number of ether oxygens (including phenoxy) is 1. The average Bonchev–Trinajstić information content (AvgIpc) is 3.22. The normalized spacial score (nSPS) is 21.7. The zero-order chi connectivity index (χ0) is 16.5. The average molecular weight is 319 g/mol. The Morgan fingerprint density at radius 1 is 0.955 bits per heavy atom. The van der Waals surface area contributed by atoms with E-state index in [1.165, 1.54) is 18.0 Å². The Labute approximate surface area is 138 Å². The van der Waals surface area contributed by atoms with E-state index in [9.17, 15) is 0 Å². The number of methoxy groups -OCH3 is 1. The van der Waals surface area contributed by atoms with Crippen molar-refractivity contribution in [3.05, 3.63) is 29.8 Å². The van der Waals surface area contributed by atoms with Crippen molar-refractivity contribution >= 4 is 8.07 Å². The van der Waals surface area contributed by atoms with Crippen LogP contribution in [0.15, 0.2) is 24.3 Å². The van der Waals surface area contributed by atoms with Gasteiger partial charge in [0.25, 0.3) is 0 Å². The van der Waals surface area contributed by atoms with E-state index in [1.807, 2.05) is 0 Å². The van der Waals surface area contributed by atoms with Crippen LogP contribution < -0.4 is 4.74 Å². The number of hydrogen-bond acceptors (Lipinski definition) is 1. The largest absolute Gasteiger partial charge is 0.497 e. The molecule has 0 N–H and O–H groups in total. The first-order valence-electron chi connectivity index (χ1n) is 8.96. The van der Waals surface area contributed by atoms with E-state index in [0.29, 0.717) is 0 Å². The van der Waals surface area contributed by atoms with E-state index < -0.39 is 8.07 Å². The Kier molecular flexibility index (Phi) is 5.42. The van der Waals surface area contributed by atoms with Crippen LogP contribution in [0.2, 0.25) is 22.7 Å². The highest BCUT2D eigenvalue weighted by Crippen LogP contribution is 2.57. The smallest absolute Gasteiger partial charge is 0.118 e. The van der Waals surface area contributed by atoms with Crippen molar-refractivity contribution in [2.45, 2.75) is 76.5 Å². The van der Waals surface area contributed by atoms with Gasteiger partial charge in [0.15, 0.2) is 0 Å². The van der Waals surface area contributed by atoms with Gasteiger partial charge in [0.2, 0.25) is 0 Å². The molecular weight excluding hydrogens is 284 g/mol. The van der Waals surface area contributed by atoms with Crippen LogP contribution in [0.1, 0.15) is 59.4 Å². The summed E-state index contributed by atoms with van der Waals surface area (Å²) in [5, 5.41) is 0. The Hall–Kier alpha value is -0.763. The van der Waals surface area contributed by atoms with Crippen molar-refractivity contribution < 1.29 is 4.74 Å². The van der Waals surface area contributed by atoms with Gasteiger partial charge in [0.1, 0.15) is 5.75 Å². The Morgan fingerprint density at radius 3 is 1.86 bits per heavy atom. The second-order valence-electron chi connectivity index (χ2n) is 8.16. The maximum atomic E-state index is 5.28. The van der Waals surface area contributed by atoms with Gasteiger partial charge in [0.05, 0.1) is 15.2 Å². The molecule has 0 unspecified atom stereocenters. The fraction of sp³-hybridized carbons (Fsp3) is 0.700. The van der Waals surface area contributed by atoms with Gasteiger partial charge in [-0.05, 0) is 36.0 Å². The molecule has 0 spiro atoms.